The highest BCUT2D eigenvalue weighted by atomic mass is 16.4. The van der Waals surface area contributed by atoms with Gasteiger partial charge in [-0.05, 0) is 36.5 Å². The lowest BCUT2D eigenvalue weighted by molar-refractivity contribution is -0.145. The van der Waals surface area contributed by atoms with E-state index in [1.807, 2.05) is 0 Å². The van der Waals surface area contributed by atoms with Gasteiger partial charge < -0.3 is 20.4 Å². The Morgan fingerprint density at radius 3 is 1.84 bits per heavy atom. The van der Waals surface area contributed by atoms with Crippen LogP contribution in [0.1, 0.15) is 116 Å². The van der Waals surface area contributed by atoms with Crippen LogP contribution in [0.5, 0.6) is 17.2 Å². The van der Waals surface area contributed by atoms with Gasteiger partial charge in [0.15, 0.2) is 17.2 Å². The Hall–Kier alpha value is -1.91. The molecule has 178 valence electrons. The van der Waals surface area contributed by atoms with Gasteiger partial charge in [0.2, 0.25) is 0 Å². The van der Waals surface area contributed by atoms with Gasteiger partial charge in [-0.1, -0.05) is 97.8 Å². The van der Waals surface area contributed by atoms with Gasteiger partial charge in [-0.15, -0.1) is 0 Å². The van der Waals surface area contributed by atoms with Gasteiger partial charge in [0.25, 0.3) is 0 Å². The number of benzene rings is 1. The summed E-state index contributed by atoms with van der Waals surface area (Å²) in [6, 6.07) is 2.62. The van der Waals surface area contributed by atoms with E-state index in [9.17, 15) is 25.2 Å². The Kier molecular flexibility index (Phi) is 12.4. The highest BCUT2D eigenvalue weighted by Crippen LogP contribution is 2.44. The van der Waals surface area contributed by atoms with E-state index in [1.165, 1.54) is 44.2 Å². The monoisotopic (exact) mass is 436 g/mol. The number of rotatable bonds is 17. The molecule has 4 N–H and O–H groups in total. The molecule has 0 aliphatic rings. The second-order valence-corrected chi connectivity index (χ2v) is 9.28. The quantitative estimate of drug-likeness (QED) is 0.152. The van der Waals surface area contributed by atoms with E-state index in [4.69, 9.17) is 0 Å². The van der Waals surface area contributed by atoms with Crippen LogP contribution in [-0.4, -0.2) is 26.4 Å². The van der Waals surface area contributed by atoms with Crippen molar-refractivity contribution in [3.8, 4) is 17.2 Å². The van der Waals surface area contributed by atoms with Crippen LogP contribution in [0.25, 0.3) is 0 Å². The van der Waals surface area contributed by atoms with E-state index < -0.39 is 28.6 Å². The Morgan fingerprint density at radius 1 is 0.839 bits per heavy atom. The SMILES string of the molecule is CCCCCCCCCCC(CC(C)CCCCC)(C(=O)O)c1cc(O)c(O)c(O)c1. The summed E-state index contributed by atoms with van der Waals surface area (Å²) >= 11 is 0. The number of carboxylic acids is 1. The van der Waals surface area contributed by atoms with Crippen LogP contribution in [0.3, 0.4) is 0 Å². The van der Waals surface area contributed by atoms with Crippen molar-refractivity contribution in [1.29, 1.82) is 0 Å². The molecule has 0 aromatic heterocycles. The first-order chi connectivity index (χ1) is 14.8. The predicted molar refractivity (Wildman–Crippen MR) is 126 cm³/mol. The van der Waals surface area contributed by atoms with Gasteiger partial charge in [-0.2, -0.15) is 0 Å². The maximum absolute atomic E-state index is 12.6. The number of carbonyl (C=O) groups is 1. The van der Waals surface area contributed by atoms with Crippen LogP contribution in [0.15, 0.2) is 12.1 Å². The maximum atomic E-state index is 12.6. The van der Waals surface area contributed by atoms with Crippen molar-refractivity contribution in [1.82, 2.24) is 0 Å². The third-order valence-corrected chi connectivity index (χ3v) is 6.49. The Labute approximate surface area is 188 Å². The number of unbranched alkanes of at least 4 members (excludes halogenated alkanes) is 9. The number of phenolic OH excluding ortho intramolecular Hbond substituents is 3. The number of aromatic hydroxyl groups is 3. The molecule has 0 bridgehead atoms. The normalized spacial score (nSPS) is 14.3. The molecule has 5 nitrogen and oxygen atoms in total. The zero-order valence-corrected chi connectivity index (χ0v) is 19.8. The van der Waals surface area contributed by atoms with E-state index in [-0.39, 0.29) is 5.92 Å². The van der Waals surface area contributed by atoms with E-state index in [0.717, 1.165) is 44.9 Å². The topological polar surface area (TPSA) is 98.0 Å². The van der Waals surface area contributed by atoms with Crippen molar-refractivity contribution in [2.45, 2.75) is 116 Å². The fourth-order valence-electron chi connectivity index (χ4n) is 4.56. The smallest absolute Gasteiger partial charge is 0.314 e. The lowest BCUT2D eigenvalue weighted by Gasteiger charge is -2.33. The predicted octanol–water partition coefficient (Wildman–Crippen LogP) is 7.26. The van der Waals surface area contributed by atoms with Gasteiger partial charge in [0.1, 0.15) is 0 Å². The summed E-state index contributed by atoms with van der Waals surface area (Å²) in [6.07, 6.45) is 14.2. The average molecular weight is 437 g/mol. The minimum Gasteiger partial charge on any atom is -0.504 e. The molecule has 0 saturated heterocycles. The molecule has 0 aliphatic heterocycles. The van der Waals surface area contributed by atoms with Crippen LogP contribution < -0.4 is 0 Å². The van der Waals surface area contributed by atoms with Gasteiger partial charge in [0, 0.05) is 0 Å². The molecule has 31 heavy (non-hydrogen) atoms. The number of carboxylic acid groups (broad SMARTS) is 1. The fraction of sp³-hybridized carbons (Fsp3) is 0.731. The molecule has 0 saturated carbocycles. The minimum atomic E-state index is -1.18. The lowest BCUT2D eigenvalue weighted by Crippen LogP contribution is -2.37. The third-order valence-electron chi connectivity index (χ3n) is 6.49. The molecular weight excluding hydrogens is 392 g/mol. The van der Waals surface area contributed by atoms with Crippen LogP contribution in [-0.2, 0) is 10.2 Å². The van der Waals surface area contributed by atoms with Gasteiger partial charge in [-0.25, -0.2) is 0 Å². The molecule has 1 aromatic carbocycles. The van der Waals surface area contributed by atoms with E-state index in [1.54, 1.807) is 0 Å². The van der Waals surface area contributed by atoms with E-state index in [0.29, 0.717) is 18.4 Å². The van der Waals surface area contributed by atoms with Gasteiger partial charge in [0.05, 0.1) is 5.41 Å². The van der Waals surface area contributed by atoms with Crippen molar-refractivity contribution < 1.29 is 25.2 Å². The lowest BCUT2D eigenvalue weighted by atomic mass is 9.69. The highest BCUT2D eigenvalue weighted by molar-refractivity contribution is 5.82. The molecule has 0 radical (unpaired) electrons. The van der Waals surface area contributed by atoms with Crippen molar-refractivity contribution in [3.63, 3.8) is 0 Å². The average Bonchev–Trinajstić information content (AvgIpc) is 2.72. The summed E-state index contributed by atoms with van der Waals surface area (Å²) in [6.45, 7) is 6.44. The van der Waals surface area contributed by atoms with E-state index in [2.05, 4.69) is 20.8 Å². The van der Waals surface area contributed by atoms with Crippen molar-refractivity contribution in [2.24, 2.45) is 5.92 Å². The van der Waals surface area contributed by atoms with Crippen molar-refractivity contribution in [3.05, 3.63) is 17.7 Å². The fourth-order valence-corrected chi connectivity index (χ4v) is 4.56. The number of aliphatic carboxylic acids is 1. The zero-order chi connectivity index (χ0) is 23.3. The highest BCUT2D eigenvalue weighted by Gasteiger charge is 2.41. The third kappa shape index (κ3) is 8.62. The maximum Gasteiger partial charge on any atom is 0.314 e. The Balaban J connectivity index is 2.97. The molecule has 1 aromatic rings. The molecule has 0 fully saturated rings. The molecular formula is C26H44O5. The zero-order valence-electron chi connectivity index (χ0n) is 19.8. The second-order valence-electron chi connectivity index (χ2n) is 9.28. The largest absolute Gasteiger partial charge is 0.504 e. The summed E-state index contributed by atoms with van der Waals surface area (Å²) in [5, 5.41) is 40.2. The molecule has 0 aliphatic carbocycles. The molecule has 5 heteroatoms. The summed E-state index contributed by atoms with van der Waals surface area (Å²) < 4.78 is 0. The number of hydrogen-bond donors (Lipinski definition) is 4. The van der Waals surface area contributed by atoms with Crippen LogP contribution in [0, 0.1) is 5.92 Å². The van der Waals surface area contributed by atoms with Crippen molar-refractivity contribution in [2.75, 3.05) is 0 Å². The van der Waals surface area contributed by atoms with Crippen molar-refractivity contribution >= 4 is 5.97 Å². The molecule has 2 unspecified atom stereocenters. The van der Waals surface area contributed by atoms with Gasteiger partial charge in [-0.3, -0.25) is 4.79 Å². The first-order valence-corrected chi connectivity index (χ1v) is 12.3. The Bertz CT molecular complexity index is 634. The molecule has 0 spiro atoms. The summed E-state index contributed by atoms with van der Waals surface area (Å²) in [5.41, 5.74) is -0.811. The Morgan fingerprint density at radius 2 is 1.32 bits per heavy atom. The molecule has 1 rings (SSSR count). The number of phenols is 3. The molecule has 0 amide bonds. The summed E-state index contributed by atoms with van der Waals surface area (Å²) in [5.74, 6) is -2.28. The minimum absolute atomic E-state index is 0.204. The molecule has 2 atom stereocenters. The summed E-state index contributed by atoms with van der Waals surface area (Å²) in [7, 11) is 0. The number of hydrogen-bond acceptors (Lipinski definition) is 4. The van der Waals surface area contributed by atoms with Crippen LogP contribution in [0.4, 0.5) is 0 Å². The second kappa shape index (κ2) is 14.2. The first kappa shape index (κ1) is 27.1. The van der Waals surface area contributed by atoms with Gasteiger partial charge >= 0.3 is 5.97 Å². The van der Waals surface area contributed by atoms with Crippen LogP contribution >= 0.6 is 0 Å². The first-order valence-electron chi connectivity index (χ1n) is 12.3. The standard InChI is InChI=1S/C26H44O5/c1-4-6-8-9-10-11-12-14-16-26(25(30)31,19-20(3)15-13-7-5-2)21-17-22(27)24(29)23(28)18-21/h17-18,20,27-29H,4-16,19H2,1-3H3,(H,30,31). The molecule has 0 heterocycles. The van der Waals surface area contributed by atoms with Crippen LogP contribution in [0.2, 0.25) is 0 Å². The summed E-state index contributed by atoms with van der Waals surface area (Å²) in [4.78, 5) is 12.6. The van der Waals surface area contributed by atoms with E-state index >= 15 is 0 Å².